The summed E-state index contributed by atoms with van der Waals surface area (Å²) in [6.45, 7) is 5.49. The summed E-state index contributed by atoms with van der Waals surface area (Å²) in [4.78, 5) is 32.4. The van der Waals surface area contributed by atoms with Crippen LogP contribution < -0.4 is 10.5 Å². The Morgan fingerprint density at radius 3 is 2.68 bits per heavy atom. The third kappa shape index (κ3) is 3.89. The van der Waals surface area contributed by atoms with Gasteiger partial charge in [0.1, 0.15) is 5.82 Å². The van der Waals surface area contributed by atoms with E-state index in [0.717, 1.165) is 17.9 Å². The number of imidazole rings is 1. The molecule has 2 aromatic rings. The molecule has 25 heavy (non-hydrogen) atoms. The van der Waals surface area contributed by atoms with Crippen molar-refractivity contribution in [3.63, 3.8) is 0 Å². The van der Waals surface area contributed by atoms with E-state index in [2.05, 4.69) is 21.9 Å². The zero-order chi connectivity index (χ0) is 17.8. The van der Waals surface area contributed by atoms with Crippen molar-refractivity contribution >= 4 is 11.6 Å². The number of carbonyl (C=O) groups is 1. The molecule has 8 nitrogen and oxygen atoms in total. The van der Waals surface area contributed by atoms with Gasteiger partial charge in [0.15, 0.2) is 0 Å². The number of aryl methyl sites for hydroxylation is 3. The monoisotopic (exact) mass is 344 g/mol. The van der Waals surface area contributed by atoms with Crippen molar-refractivity contribution in [1.29, 1.82) is 0 Å². The van der Waals surface area contributed by atoms with Crippen LogP contribution >= 0.6 is 0 Å². The first-order valence-electron chi connectivity index (χ1n) is 8.64. The molecule has 0 spiro atoms. The molecule has 8 heteroatoms. The van der Waals surface area contributed by atoms with Crippen LogP contribution in [0.4, 0.5) is 5.69 Å². The topological polar surface area (TPSA) is 76.3 Å². The molecule has 2 aromatic heterocycles. The maximum atomic E-state index is 12.4. The summed E-state index contributed by atoms with van der Waals surface area (Å²) in [5.41, 5.74) is 0.698. The predicted molar refractivity (Wildman–Crippen MR) is 94.5 cm³/mol. The molecule has 0 bridgehead atoms. The van der Waals surface area contributed by atoms with Crippen LogP contribution in [0.3, 0.4) is 0 Å². The SMILES string of the molecule is CCc1nccn1CCC(=O)N1CCN(c2cnn(C)c(=O)c2)CC1. The van der Waals surface area contributed by atoms with Crippen LogP contribution in [0.2, 0.25) is 0 Å². The Morgan fingerprint density at radius 1 is 1.24 bits per heavy atom. The highest BCUT2D eigenvalue weighted by Gasteiger charge is 2.21. The minimum absolute atomic E-state index is 0.122. The van der Waals surface area contributed by atoms with Gasteiger partial charge in [-0.1, -0.05) is 6.92 Å². The molecule has 1 aliphatic rings. The van der Waals surface area contributed by atoms with Gasteiger partial charge in [0.25, 0.3) is 5.56 Å². The van der Waals surface area contributed by atoms with Gasteiger partial charge < -0.3 is 14.4 Å². The number of anilines is 1. The van der Waals surface area contributed by atoms with Gasteiger partial charge >= 0.3 is 0 Å². The molecule has 0 saturated carbocycles. The first-order chi connectivity index (χ1) is 12.1. The molecular formula is C17H24N6O2. The molecule has 3 rings (SSSR count). The van der Waals surface area contributed by atoms with Crippen molar-refractivity contribution in [2.24, 2.45) is 7.05 Å². The summed E-state index contributed by atoms with van der Waals surface area (Å²) >= 11 is 0. The fourth-order valence-electron chi connectivity index (χ4n) is 3.08. The minimum atomic E-state index is -0.122. The van der Waals surface area contributed by atoms with E-state index in [4.69, 9.17) is 0 Å². The van der Waals surface area contributed by atoms with Crippen molar-refractivity contribution in [1.82, 2.24) is 24.2 Å². The molecule has 1 amide bonds. The molecular weight excluding hydrogens is 320 g/mol. The van der Waals surface area contributed by atoms with Crippen LogP contribution in [0.15, 0.2) is 29.5 Å². The van der Waals surface area contributed by atoms with E-state index in [9.17, 15) is 9.59 Å². The Kier molecular flexibility index (Phi) is 5.16. The molecule has 0 N–H and O–H groups in total. The highest BCUT2D eigenvalue weighted by atomic mass is 16.2. The Bertz CT molecular complexity index is 788. The quantitative estimate of drug-likeness (QED) is 0.779. The van der Waals surface area contributed by atoms with E-state index in [1.165, 1.54) is 4.68 Å². The van der Waals surface area contributed by atoms with Crippen LogP contribution in [0.5, 0.6) is 0 Å². The van der Waals surface area contributed by atoms with Gasteiger partial charge in [0.05, 0.1) is 11.9 Å². The Labute approximate surface area is 146 Å². The summed E-state index contributed by atoms with van der Waals surface area (Å²) in [7, 11) is 1.63. The normalized spacial score (nSPS) is 14.8. The van der Waals surface area contributed by atoms with Crippen molar-refractivity contribution in [3.05, 3.63) is 40.8 Å². The Morgan fingerprint density at radius 2 is 2.00 bits per heavy atom. The molecule has 0 aromatic carbocycles. The third-order valence-electron chi connectivity index (χ3n) is 4.64. The molecule has 1 aliphatic heterocycles. The van der Waals surface area contributed by atoms with Gasteiger partial charge in [-0.25, -0.2) is 9.67 Å². The fraction of sp³-hybridized carbons (Fsp3) is 0.529. The van der Waals surface area contributed by atoms with Crippen molar-refractivity contribution in [3.8, 4) is 0 Å². The van der Waals surface area contributed by atoms with Crippen LogP contribution in [0.1, 0.15) is 19.2 Å². The maximum absolute atomic E-state index is 12.4. The largest absolute Gasteiger partial charge is 0.367 e. The molecule has 1 saturated heterocycles. The average Bonchev–Trinajstić information content (AvgIpc) is 3.09. The number of carbonyl (C=O) groups excluding carboxylic acids is 1. The summed E-state index contributed by atoms with van der Waals surface area (Å²) in [5, 5.41) is 4.06. The van der Waals surface area contributed by atoms with E-state index in [-0.39, 0.29) is 11.5 Å². The van der Waals surface area contributed by atoms with E-state index < -0.39 is 0 Å². The van der Waals surface area contributed by atoms with Gasteiger partial charge in [0, 0.05) is 71.1 Å². The molecule has 134 valence electrons. The maximum Gasteiger partial charge on any atom is 0.268 e. The lowest BCUT2D eigenvalue weighted by Gasteiger charge is -2.36. The van der Waals surface area contributed by atoms with Crippen LogP contribution in [0, 0.1) is 0 Å². The van der Waals surface area contributed by atoms with E-state index in [1.54, 1.807) is 25.5 Å². The second-order valence-corrected chi connectivity index (χ2v) is 6.18. The minimum Gasteiger partial charge on any atom is -0.367 e. The number of amides is 1. The van der Waals surface area contributed by atoms with Crippen molar-refractivity contribution in [2.75, 3.05) is 31.1 Å². The average molecular weight is 344 g/mol. The van der Waals surface area contributed by atoms with E-state index in [1.807, 2.05) is 15.7 Å². The smallest absolute Gasteiger partial charge is 0.268 e. The summed E-state index contributed by atoms with van der Waals surface area (Å²) in [5.74, 6) is 1.17. The number of aromatic nitrogens is 4. The number of hydrogen-bond donors (Lipinski definition) is 0. The number of rotatable bonds is 5. The number of piperazine rings is 1. The van der Waals surface area contributed by atoms with Gasteiger partial charge in [-0.15, -0.1) is 0 Å². The van der Waals surface area contributed by atoms with Crippen LogP contribution in [-0.4, -0.2) is 56.3 Å². The standard InChI is InChI=1S/C17H24N6O2/c1-3-15-18-5-7-22(15)6-4-16(24)23-10-8-21(9-11-23)14-12-17(25)20(2)19-13-14/h5,7,12-13H,3-4,6,8-11H2,1-2H3. The van der Waals surface area contributed by atoms with E-state index >= 15 is 0 Å². The van der Waals surface area contributed by atoms with Gasteiger partial charge in [-0.2, -0.15) is 5.10 Å². The molecule has 0 radical (unpaired) electrons. The van der Waals surface area contributed by atoms with Crippen LogP contribution in [-0.2, 0) is 24.8 Å². The Hall–Kier alpha value is -2.64. The van der Waals surface area contributed by atoms with Gasteiger partial charge in [-0.3, -0.25) is 9.59 Å². The zero-order valence-electron chi connectivity index (χ0n) is 14.8. The lowest BCUT2D eigenvalue weighted by molar-refractivity contribution is -0.131. The summed E-state index contributed by atoms with van der Waals surface area (Å²) in [6, 6.07) is 1.59. The van der Waals surface area contributed by atoms with E-state index in [0.29, 0.717) is 39.1 Å². The first kappa shape index (κ1) is 17.2. The van der Waals surface area contributed by atoms with Crippen molar-refractivity contribution < 1.29 is 4.79 Å². The van der Waals surface area contributed by atoms with Gasteiger partial charge in [-0.05, 0) is 0 Å². The molecule has 1 fully saturated rings. The van der Waals surface area contributed by atoms with Gasteiger partial charge in [0.2, 0.25) is 5.91 Å². The number of hydrogen-bond acceptors (Lipinski definition) is 5. The van der Waals surface area contributed by atoms with Crippen LogP contribution in [0.25, 0.3) is 0 Å². The highest BCUT2D eigenvalue weighted by Crippen LogP contribution is 2.13. The fourth-order valence-corrected chi connectivity index (χ4v) is 3.08. The molecule has 0 atom stereocenters. The second-order valence-electron chi connectivity index (χ2n) is 6.18. The number of nitrogens with zero attached hydrogens (tertiary/aromatic N) is 6. The third-order valence-corrected chi connectivity index (χ3v) is 4.64. The highest BCUT2D eigenvalue weighted by molar-refractivity contribution is 5.76. The Balaban J connectivity index is 1.52. The summed E-state index contributed by atoms with van der Waals surface area (Å²) in [6.07, 6.45) is 6.75. The lowest BCUT2D eigenvalue weighted by atomic mass is 10.2. The first-order valence-corrected chi connectivity index (χ1v) is 8.64. The zero-order valence-corrected chi connectivity index (χ0v) is 14.8. The molecule has 3 heterocycles. The molecule has 0 aliphatic carbocycles. The lowest BCUT2D eigenvalue weighted by Crippen LogP contribution is -2.49. The second kappa shape index (κ2) is 7.50. The predicted octanol–water partition coefficient (Wildman–Crippen LogP) is 0.278. The molecule has 0 unspecified atom stereocenters. The summed E-state index contributed by atoms with van der Waals surface area (Å²) < 4.78 is 3.35. The van der Waals surface area contributed by atoms with Crippen molar-refractivity contribution in [2.45, 2.75) is 26.3 Å².